The molecule has 0 unspecified atom stereocenters. The van der Waals surface area contributed by atoms with Crippen molar-refractivity contribution < 1.29 is 4.79 Å². The van der Waals surface area contributed by atoms with Gasteiger partial charge in [-0.05, 0) is 26.3 Å². The van der Waals surface area contributed by atoms with Gasteiger partial charge in [0.05, 0.1) is 11.3 Å². The fourth-order valence-electron chi connectivity index (χ4n) is 2.48. The van der Waals surface area contributed by atoms with E-state index in [1.54, 1.807) is 11.3 Å². The SMILES string of the molecule is CCCc1cc(C(=O)Nc2nc(-c3ccc(C)cc3)c(C)s2)cs1. The molecule has 2 aromatic heterocycles. The average Bonchev–Trinajstić information content (AvgIpc) is 3.16. The zero-order valence-corrected chi connectivity index (χ0v) is 15.7. The second-order valence-electron chi connectivity index (χ2n) is 5.80. The van der Waals surface area contributed by atoms with E-state index in [2.05, 4.69) is 48.4 Å². The number of rotatable bonds is 5. The molecule has 24 heavy (non-hydrogen) atoms. The molecular weight excluding hydrogens is 336 g/mol. The van der Waals surface area contributed by atoms with E-state index in [9.17, 15) is 4.79 Å². The van der Waals surface area contributed by atoms with E-state index < -0.39 is 0 Å². The minimum atomic E-state index is -0.0854. The van der Waals surface area contributed by atoms with Crippen LogP contribution < -0.4 is 5.32 Å². The van der Waals surface area contributed by atoms with Crippen LogP contribution in [0.1, 0.15) is 39.0 Å². The van der Waals surface area contributed by atoms with Gasteiger partial charge in [0.1, 0.15) is 0 Å². The van der Waals surface area contributed by atoms with Gasteiger partial charge in [-0.25, -0.2) is 4.98 Å². The summed E-state index contributed by atoms with van der Waals surface area (Å²) in [7, 11) is 0. The number of carbonyl (C=O) groups is 1. The summed E-state index contributed by atoms with van der Waals surface area (Å²) in [6.07, 6.45) is 2.11. The lowest BCUT2D eigenvalue weighted by molar-refractivity contribution is 0.102. The van der Waals surface area contributed by atoms with Crippen LogP contribution in [0.15, 0.2) is 35.7 Å². The molecule has 5 heteroatoms. The van der Waals surface area contributed by atoms with E-state index in [1.807, 2.05) is 18.4 Å². The third-order valence-corrected chi connectivity index (χ3v) is 5.64. The number of thiophene rings is 1. The van der Waals surface area contributed by atoms with Gasteiger partial charge in [-0.1, -0.05) is 43.2 Å². The van der Waals surface area contributed by atoms with Gasteiger partial charge in [-0.2, -0.15) is 0 Å². The molecule has 2 heterocycles. The van der Waals surface area contributed by atoms with Crippen LogP contribution in [0.5, 0.6) is 0 Å². The van der Waals surface area contributed by atoms with E-state index in [0.29, 0.717) is 10.7 Å². The van der Waals surface area contributed by atoms with Crippen molar-refractivity contribution in [3.8, 4) is 11.3 Å². The molecule has 0 aliphatic carbocycles. The Morgan fingerprint density at radius 1 is 1.21 bits per heavy atom. The lowest BCUT2D eigenvalue weighted by atomic mass is 10.1. The maximum atomic E-state index is 12.4. The van der Waals surface area contributed by atoms with Crippen LogP contribution in [-0.4, -0.2) is 10.9 Å². The van der Waals surface area contributed by atoms with Crippen molar-refractivity contribution in [3.63, 3.8) is 0 Å². The maximum Gasteiger partial charge on any atom is 0.258 e. The summed E-state index contributed by atoms with van der Waals surface area (Å²) in [5.74, 6) is -0.0854. The Hall–Kier alpha value is -1.98. The molecule has 0 radical (unpaired) electrons. The number of hydrogen-bond donors (Lipinski definition) is 1. The first-order valence-electron chi connectivity index (χ1n) is 8.00. The Morgan fingerprint density at radius 2 is 1.96 bits per heavy atom. The molecule has 0 atom stereocenters. The normalized spacial score (nSPS) is 10.8. The Labute approximate surface area is 150 Å². The number of aryl methyl sites for hydroxylation is 3. The Bertz CT molecular complexity index is 847. The second kappa shape index (κ2) is 7.28. The highest BCUT2D eigenvalue weighted by Gasteiger charge is 2.14. The molecule has 0 fully saturated rings. The van der Waals surface area contributed by atoms with E-state index in [4.69, 9.17) is 0 Å². The molecule has 124 valence electrons. The van der Waals surface area contributed by atoms with E-state index in [1.165, 1.54) is 21.8 Å². The molecule has 0 saturated carbocycles. The molecule has 1 amide bonds. The minimum Gasteiger partial charge on any atom is -0.298 e. The Kier molecular flexibility index (Phi) is 5.11. The molecule has 1 N–H and O–H groups in total. The van der Waals surface area contributed by atoms with Crippen LogP contribution in [0.25, 0.3) is 11.3 Å². The summed E-state index contributed by atoms with van der Waals surface area (Å²) in [6.45, 7) is 6.24. The number of anilines is 1. The van der Waals surface area contributed by atoms with Gasteiger partial charge in [0, 0.05) is 20.7 Å². The van der Waals surface area contributed by atoms with Crippen LogP contribution >= 0.6 is 22.7 Å². The monoisotopic (exact) mass is 356 g/mol. The van der Waals surface area contributed by atoms with Crippen molar-refractivity contribution in [1.82, 2.24) is 4.98 Å². The lowest BCUT2D eigenvalue weighted by Gasteiger charge is -2.00. The van der Waals surface area contributed by atoms with Gasteiger partial charge < -0.3 is 0 Å². The Morgan fingerprint density at radius 3 is 2.67 bits per heavy atom. The van der Waals surface area contributed by atoms with E-state index >= 15 is 0 Å². The molecular formula is C19H20N2OS2. The lowest BCUT2D eigenvalue weighted by Crippen LogP contribution is -2.10. The standard InChI is InChI=1S/C19H20N2OS2/c1-4-5-16-10-15(11-23-16)18(22)21-19-20-17(13(3)24-19)14-8-6-12(2)7-9-14/h6-11H,4-5H2,1-3H3,(H,20,21,22). The minimum absolute atomic E-state index is 0.0854. The predicted octanol–water partition coefficient (Wildman–Crippen LogP) is 5.69. The van der Waals surface area contributed by atoms with Gasteiger partial charge in [-0.3, -0.25) is 10.1 Å². The van der Waals surface area contributed by atoms with Gasteiger partial charge >= 0.3 is 0 Å². The number of hydrogen-bond acceptors (Lipinski definition) is 4. The highest BCUT2D eigenvalue weighted by molar-refractivity contribution is 7.16. The van der Waals surface area contributed by atoms with Crippen LogP contribution in [-0.2, 0) is 6.42 Å². The Balaban J connectivity index is 1.77. The van der Waals surface area contributed by atoms with Gasteiger partial charge in [0.2, 0.25) is 0 Å². The van der Waals surface area contributed by atoms with Crippen molar-refractivity contribution >= 4 is 33.7 Å². The molecule has 0 spiro atoms. The fourth-order valence-corrected chi connectivity index (χ4v) is 4.28. The topological polar surface area (TPSA) is 42.0 Å². The zero-order chi connectivity index (χ0) is 17.1. The zero-order valence-electron chi connectivity index (χ0n) is 14.1. The maximum absolute atomic E-state index is 12.4. The molecule has 1 aromatic carbocycles. The average molecular weight is 357 g/mol. The van der Waals surface area contributed by atoms with Crippen molar-refractivity contribution in [1.29, 1.82) is 0 Å². The van der Waals surface area contributed by atoms with Crippen molar-refractivity contribution in [2.75, 3.05) is 5.32 Å². The summed E-state index contributed by atoms with van der Waals surface area (Å²) in [5.41, 5.74) is 3.96. The molecule has 3 aromatic rings. The third-order valence-electron chi connectivity index (χ3n) is 3.75. The van der Waals surface area contributed by atoms with Gasteiger partial charge in [0.25, 0.3) is 5.91 Å². The van der Waals surface area contributed by atoms with Crippen LogP contribution in [0.3, 0.4) is 0 Å². The number of benzene rings is 1. The number of thiazole rings is 1. The molecule has 3 rings (SSSR count). The van der Waals surface area contributed by atoms with Crippen molar-refractivity contribution in [2.45, 2.75) is 33.6 Å². The third kappa shape index (κ3) is 3.74. The quantitative estimate of drug-likeness (QED) is 0.638. The molecule has 0 aliphatic rings. The number of carbonyl (C=O) groups excluding carboxylic acids is 1. The second-order valence-corrected chi connectivity index (χ2v) is 7.99. The summed E-state index contributed by atoms with van der Waals surface area (Å²) in [4.78, 5) is 19.4. The van der Waals surface area contributed by atoms with Crippen LogP contribution in [0.4, 0.5) is 5.13 Å². The van der Waals surface area contributed by atoms with Crippen LogP contribution in [0, 0.1) is 13.8 Å². The summed E-state index contributed by atoms with van der Waals surface area (Å²) >= 11 is 3.16. The van der Waals surface area contributed by atoms with E-state index in [0.717, 1.165) is 29.0 Å². The van der Waals surface area contributed by atoms with Crippen LogP contribution in [0.2, 0.25) is 0 Å². The number of aromatic nitrogens is 1. The summed E-state index contributed by atoms with van der Waals surface area (Å²) in [6, 6.07) is 10.3. The summed E-state index contributed by atoms with van der Waals surface area (Å²) < 4.78 is 0. The highest BCUT2D eigenvalue weighted by atomic mass is 32.1. The molecule has 3 nitrogen and oxygen atoms in total. The number of nitrogens with zero attached hydrogens (tertiary/aromatic N) is 1. The largest absolute Gasteiger partial charge is 0.298 e. The molecule has 0 aliphatic heterocycles. The molecule has 0 saturated heterocycles. The fraction of sp³-hybridized carbons (Fsp3) is 0.263. The first-order chi connectivity index (χ1) is 11.6. The van der Waals surface area contributed by atoms with Crippen molar-refractivity contribution in [2.24, 2.45) is 0 Å². The predicted molar refractivity (Wildman–Crippen MR) is 103 cm³/mol. The highest BCUT2D eigenvalue weighted by Crippen LogP contribution is 2.31. The van der Waals surface area contributed by atoms with Gasteiger partial charge in [-0.15, -0.1) is 22.7 Å². The van der Waals surface area contributed by atoms with Crippen molar-refractivity contribution in [3.05, 3.63) is 56.6 Å². The number of amides is 1. The first-order valence-corrected chi connectivity index (χ1v) is 9.69. The first kappa shape index (κ1) is 16.9. The summed E-state index contributed by atoms with van der Waals surface area (Å²) in [5, 5.41) is 5.50. The molecule has 0 bridgehead atoms. The smallest absolute Gasteiger partial charge is 0.258 e. The van der Waals surface area contributed by atoms with Gasteiger partial charge in [0.15, 0.2) is 5.13 Å². The van der Waals surface area contributed by atoms with E-state index in [-0.39, 0.29) is 5.91 Å². The number of nitrogens with one attached hydrogen (secondary N) is 1.